The lowest BCUT2D eigenvalue weighted by Gasteiger charge is -2.30. The SMILES string of the molecule is C[C@H]1CCCC[C@H]1Nc1ccccc1. The fraction of sp³-hybridized carbons (Fsp3) is 0.538. The summed E-state index contributed by atoms with van der Waals surface area (Å²) in [7, 11) is 0. The molecule has 0 unspecified atom stereocenters. The molecule has 0 saturated heterocycles. The van der Waals surface area contributed by atoms with Gasteiger partial charge in [-0.1, -0.05) is 38.0 Å². The summed E-state index contributed by atoms with van der Waals surface area (Å²) in [6.45, 7) is 2.36. The molecule has 1 aromatic rings. The molecule has 0 spiro atoms. The molecule has 0 heterocycles. The molecule has 2 atom stereocenters. The fourth-order valence-electron chi connectivity index (χ4n) is 2.28. The number of hydrogen-bond donors (Lipinski definition) is 1. The molecule has 1 fully saturated rings. The van der Waals surface area contributed by atoms with Crippen LogP contribution in [0, 0.1) is 5.92 Å². The van der Waals surface area contributed by atoms with E-state index in [-0.39, 0.29) is 0 Å². The Morgan fingerprint density at radius 1 is 1.07 bits per heavy atom. The van der Waals surface area contributed by atoms with Crippen LogP contribution in [0.25, 0.3) is 0 Å². The van der Waals surface area contributed by atoms with E-state index < -0.39 is 0 Å². The zero-order chi connectivity index (χ0) is 9.80. The van der Waals surface area contributed by atoms with Crippen LogP contribution in [0.4, 0.5) is 5.69 Å². The van der Waals surface area contributed by atoms with E-state index in [9.17, 15) is 0 Å². The van der Waals surface area contributed by atoms with Gasteiger partial charge in [-0.15, -0.1) is 0 Å². The maximum Gasteiger partial charge on any atom is 0.0342 e. The van der Waals surface area contributed by atoms with Crippen molar-refractivity contribution in [2.75, 3.05) is 5.32 Å². The lowest BCUT2D eigenvalue weighted by molar-refractivity contribution is 0.349. The molecule has 1 N–H and O–H groups in total. The molecule has 0 aromatic heterocycles. The number of benzene rings is 1. The van der Waals surface area contributed by atoms with Crippen LogP contribution in [-0.2, 0) is 0 Å². The molecule has 0 radical (unpaired) electrons. The van der Waals surface area contributed by atoms with E-state index in [0.29, 0.717) is 6.04 Å². The highest BCUT2D eigenvalue weighted by molar-refractivity contribution is 5.43. The molecule has 1 aliphatic rings. The molecule has 76 valence electrons. The van der Waals surface area contributed by atoms with E-state index >= 15 is 0 Å². The molecule has 0 aliphatic heterocycles. The van der Waals surface area contributed by atoms with E-state index in [2.05, 4.69) is 42.6 Å². The lowest BCUT2D eigenvalue weighted by Crippen LogP contribution is -2.30. The Bertz CT molecular complexity index is 268. The van der Waals surface area contributed by atoms with E-state index in [4.69, 9.17) is 0 Å². The van der Waals surface area contributed by atoms with Gasteiger partial charge in [0, 0.05) is 11.7 Å². The van der Waals surface area contributed by atoms with Crippen molar-refractivity contribution in [3.8, 4) is 0 Å². The van der Waals surface area contributed by atoms with Gasteiger partial charge in [0.1, 0.15) is 0 Å². The smallest absolute Gasteiger partial charge is 0.0342 e. The van der Waals surface area contributed by atoms with Crippen molar-refractivity contribution in [2.24, 2.45) is 5.92 Å². The number of anilines is 1. The van der Waals surface area contributed by atoms with Gasteiger partial charge in [0.05, 0.1) is 0 Å². The molecule has 1 heteroatoms. The first-order chi connectivity index (χ1) is 6.86. The Morgan fingerprint density at radius 3 is 2.50 bits per heavy atom. The van der Waals surface area contributed by atoms with Gasteiger partial charge in [-0.3, -0.25) is 0 Å². The van der Waals surface area contributed by atoms with Gasteiger partial charge in [0.15, 0.2) is 0 Å². The van der Waals surface area contributed by atoms with Crippen molar-refractivity contribution < 1.29 is 0 Å². The second-order valence-electron chi connectivity index (χ2n) is 4.38. The van der Waals surface area contributed by atoms with Crippen LogP contribution in [0.15, 0.2) is 30.3 Å². The van der Waals surface area contributed by atoms with Crippen molar-refractivity contribution in [3.05, 3.63) is 30.3 Å². The third kappa shape index (κ3) is 2.28. The van der Waals surface area contributed by atoms with Crippen LogP contribution in [-0.4, -0.2) is 6.04 Å². The molecule has 0 bridgehead atoms. The molecule has 2 rings (SSSR count). The van der Waals surface area contributed by atoms with Gasteiger partial charge in [0.2, 0.25) is 0 Å². The number of nitrogens with one attached hydrogen (secondary N) is 1. The summed E-state index contributed by atoms with van der Waals surface area (Å²) in [4.78, 5) is 0. The van der Waals surface area contributed by atoms with Crippen LogP contribution < -0.4 is 5.32 Å². The number of rotatable bonds is 2. The topological polar surface area (TPSA) is 12.0 Å². The van der Waals surface area contributed by atoms with Crippen LogP contribution >= 0.6 is 0 Å². The first kappa shape index (κ1) is 9.57. The first-order valence-corrected chi connectivity index (χ1v) is 5.68. The summed E-state index contributed by atoms with van der Waals surface area (Å²) in [5, 5.41) is 3.63. The average molecular weight is 189 g/mol. The Morgan fingerprint density at radius 2 is 1.79 bits per heavy atom. The Kier molecular flexibility index (Phi) is 3.07. The summed E-state index contributed by atoms with van der Waals surface area (Å²) in [6, 6.07) is 11.2. The molecular formula is C13H19N. The minimum absolute atomic E-state index is 0.686. The maximum atomic E-state index is 3.63. The van der Waals surface area contributed by atoms with Crippen LogP contribution in [0.2, 0.25) is 0 Å². The average Bonchev–Trinajstić information content (AvgIpc) is 2.23. The molecule has 1 aliphatic carbocycles. The van der Waals surface area contributed by atoms with Gasteiger partial charge in [0.25, 0.3) is 0 Å². The van der Waals surface area contributed by atoms with Gasteiger partial charge >= 0.3 is 0 Å². The fourth-order valence-corrected chi connectivity index (χ4v) is 2.28. The third-order valence-electron chi connectivity index (χ3n) is 3.24. The summed E-state index contributed by atoms with van der Waals surface area (Å²) >= 11 is 0. The van der Waals surface area contributed by atoms with Crippen LogP contribution in [0.3, 0.4) is 0 Å². The zero-order valence-corrected chi connectivity index (χ0v) is 8.87. The van der Waals surface area contributed by atoms with Crippen molar-refractivity contribution in [1.29, 1.82) is 0 Å². The van der Waals surface area contributed by atoms with Crippen molar-refractivity contribution in [3.63, 3.8) is 0 Å². The Labute approximate surface area is 86.5 Å². The Balaban J connectivity index is 1.96. The quantitative estimate of drug-likeness (QED) is 0.748. The molecule has 14 heavy (non-hydrogen) atoms. The normalized spacial score (nSPS) is 27.2. The standard InChI is InChI=1S/C13H19N/c1-11-7-5-6-10-13(11)14-12-8-3-2-4-9-12/h2-4,8-9,11,13-14H,5-7,10H2,1H3/t11-,13+/m0/s1. The summed E-state index contributed by atoms with van der Waals surface area (Å²) in [5.74, 6) is 0.823. The monoisotopic (exact) mass is 189 g/mol. The second-order valence-corrected chi connectivity index (χ2v) is 4.38. The van der Waals surface area contributed by atoms with Gasteiger partial charge in [-0.2, -0.15) is 0 Å². The number of para-hydroxylation sites is 1. The first-order valence-electron chi connectivity index (χ1n) is 5.68. The molecule has 1 aromatic carbocycles. The molecule has 1 saturated carbocycles. The van der Waals surface area contributed by atoms with E-state index in [0.717, 1.165) is 5.92 Å². The minimum atomic E-state index is 0.686. The van der Waals surface area contributed by atoms with Gasteiger partial charge < -0.3 is 5.32 Å². The van der Waals surface area contributed by atoms with Gasteiger partial charge in [-0.05, 0) is 30.9 Å². The van der Waals surface area contributed by atoms with Crippen molar-refractivity contribution >= 4 is 5.69 Å². The second kappa shape index (κ2) is 4.50. The molecule has 0 amide bonds. The predicted octanol–water partition coefficient (Wildman–Crippen LogP) is 3.68. The molecule has 1 nitrogen and oxygen atoms in total. The van der Waals surface area contributed by atoms with Crippen molar-refractivity contribution in [2.45, 2.75) is 38.6 Å². The van der Waals surface area contributed by atoms with Crippen molar-refractivity contribution in [1.82, 2.24) is 0 Å². The Hall–Kier alpha value is -0.980. The number of hydrogen-bond acceptors (Lipinski definition) is 1. The van der Waals surface area contributed by atoms with Gasteiger partial charge in [-0.25, -0.2) is 0 Å². The molecular weight excluding hydrogens is 170 g/mol. The highest BCUT2D eigenvalue weighted by Crippen LogP contribution is 2.26. The third-order valence-corrected chi connectivity index (χ3v) is 3.24. The van der Waals surface area contributed by atoms with E-state index in [1.165, 1.54) is 31.4 Å². The largest absolute Gasteiger partial charge is 0.382 e. The summed E-state index contributed by atoms with van der Waals surface area (Å²) < 4.78 is 0. The summed E-state index contributed by atoms with van der Waals surface area (Å²) in [5.41, 5.74) is 1.27. The van der Waals surface area contributed by atoms with Crippen LogP contribution in [0.5, 0.6) is 0 Å². The highest BCUT2D eigenvalue weighted by Gasteiger charge is 2.20. The summed E-state index contributed by atoms with van der Waals surface area (Å²) in [6.07, 6.45) is 5.50. The maximum absolute atomic E-state index is 3.63. The highest BCUT2D eigenvalue weighted by atomic mass is 14.9. The van der Waals surface area contributed by atoms with Crippen LogP contribution in [0.1, 0.15) is 32.6 Å². The predicted molar refractivity (Wildman–Crippen MR) is 61.5 cm³/mol. The lowest BCUT2D eigenvalue weighted by atomic mass is 9.86. The zero-order valence-electron chi connectivity index (χ0n) is 8.87. The van der Waals surface area contributed by atoms with E-state index in [1.807, 2.05) is 0 Å². The minimum Gasteiger partial charge on any atom is -0.382 e. The van der Waals surface area contributed by atoms with E-state index in [1.54, 1.807) is 0 Å².